The molecule has 100 valence electrons. The molecule has 0 aliphatic rings. The fourth-order valence-electron chi connectivity index (χ4n) is 1.68. The molecule has 19 heavy (non-hydrogen) atoms. The summed E-state index contributed by atoms with van der Waals surface area (Å²) in [6.07, 6.45) is 0. The number of hydrogen-bond donors (Lipinski definition) is 2. The summed E-state index contributed by atoms with van der Waals surface area (Å²) < 4.78 is 11.1. The third-order valence-electron chi connectivity index (χ3n) is 2.69. The van der Waals surface area contributed by atoms with Crippen LogP contribution in [0.15, 0.2) is 42.5 Å². The van der Waals surface area contributed by atoms with E-state index < -0.39 is 0 Å². The van der Waals surface area contributed by atoms with Gasteiger partial charge in [0.25, 0.3) is 0 Å². The standard InChI is InChI=1S/C15H18N2O2/c1-11-6-7-13(17)15(10-11)19-9-8-18-14-5-3-2-4-12(14)16/h2-7,10H,8-9,16-17H2,1H3. The minimum absolute atomic E-state index is 0.418. The predicted molar refractivity (Wildman–Crippen MR) is 77.4 cm³/mol. The molecule has 0 saturated heterocycles. The highest BCUT2D eigenvalue weighted by Crippen LogP contribution is 2.23. The Bertz CT molecular complexity index is 556. The Morgan fingerprint density at radius 3 is 2.21 bits per heavy atom. The number of hydrogen-bond acceptors (Lipinski definition) is 4. The second-order valence-electron chi connectivity index (χ2n) is 4.28. The second-order valence-corrected chi connectivity index (χ2v) is 4.28. The lowest BCUT2D eigenvalue weighted by Crippen LogP contribution is -2.10. The number of nitrogens with two attached hydrogens (primary N) is 2. The molecule has 4 nitrogen and oxygen atoms in total. The summed E-state index contributed by atoms with van der Waals surface area (Å²) in [5, 5.41) is 0. The molecule has 0 saturated carbocycles. The van der Waals surface area contributed by atoms with Crippen molar-refractivity contribution in [3.63, 3.8) is 0 Å². The van der Waals surface area contributed by atoms with Gasteiger partial charge in [-0.25, -0.2) is 0 Å². The lowest BCUT2D eigenvalue weighted by molar-refractivity contribution is 0.218. The third kappa shape index (κ3) is 3.55. The molecule has 2 rings (SSSR count). The van der Waals surface area contributed by atoms with E-state index in [0.29, 0.717) is 36.1 Å². The number of para-hydroxylation sites is 2. The molecule has 2 aromatic carbocycles. The van der Waals surface area contributed by atoms with Gasteiger partial charge in [-0.3, -0.25) is 0 Å². The van der Waals surface area contributed by atoms with Crippen LogP contribution < -0.4 is 20.9 Å². The fraction of sp³-hybridized carbons (Fsp3) is 0.200. The van der Waals surface area contributed by atoms with Crippen LogP contribution in [0, 0.1) is 6.92 Å². The molecule has 0 unspecified atom stereocenters. The Balaban J connectivity index is 1.84. The third-order valence-corrected chi connectivity index (χ3v) is 2.69. The van der Waals surface area contributed by atoms with Crippen LogP contribution in [0.4, 0.5) is 11.4 Å². The van der Waals surface area contributed by atoms with Gasteiger partial charge >= 0.3 is 0 Å². The zero-order chi connectivity index (χ0) is 13.7. The zero-order valence-electron chi connectivity index (χ0n) is 10.9. The van der Waals surface area contributed by atoms with E-state index in [0.717, 1.165) is 5.56 Å². The van der Waals surface area contributed by atoms with Crippen LogP contribution in [-0.4, -0.2) is 13.2 Å². The van der Waals surface area contributed by atoms with Crippen molar-refractivity contribution in [2.24, 2.45) is 0 Å². The van der Waals surface area contributed by atoms with Crippen molar-refractivity contribution in [2.75, 3.05) is 24.7 Å². The summed E-state index contributed by atoms with van der Waals surface area (Å²) in [7, 11) is 0. The predicted octanol–water partition coefficient (Wildman–Crippen LogP) is 2.62. The van der Waals surface area contributed by atoms with Gasteiger partial charge in [0.15, 0.2) is 0 Å². The quantitative estimate of drug-likeness (QED) is 0.639. The van der Waals surface area contributed by atoms with E-state index in [1.165, 1.54) is 0 Å². The Kier molecular flexibility index (Phi) is 4.13. The van der Waals surface area contributed by atoms with Crippen molar-refractivity contribution < 1.29 is 9.47 Å². The maximum atomic E-state index is 5.82. The maximum absolute atomic E-state index is 5.82. The van der Waals surface area contributed by atoms with Crippen molar-refractivity contribution >= 4 is 11.4 Å². The summed E-state index contributed by atoms with van der Waals surface area (Å²) in [5.41, 5.74) is 14.0. The van der Waals surface area contributed by atoms with Crippen LogP contribution in [0.1, 0.15) is 5.56 Å². The number of benzene rings is 2. The van der Waals surface area contributed by atoms with E-state index in [-0.39, 0.29) is 0 Å². The van der Waals surface area contributed by atoms with Crippen LogP contribution >= 0.6 is 0 Å². The Morgan fingerprint density at radius 1 is 0.842 bits per heavy atom. The molecule has 0 bridgehead atoms. The molecular formula is C15H18N2O2. The highest BCUT2D eigenvalue weighted by atomic mass is 16.5. The van der Waals surface area contributed by atoms with Gasteiger partial charge < -0.3 is 20.9 Å². The molecule has 0 spiro atoms. The smallest absolute Gasteiger partial charge is 0.142 e. The number of nitrogen functional groups attached to an aromatic ring is 2. The summed E-state index contributed by atoms with van der Waals surface area (Å²) in [5.74, 6) is 1.35. The minimum atomic E-state index is 0.418. The number of ether oxygens (including phenoxy) is 2. The first-order valence-corrected chi connectivity index (χ1v) is 6.13. The van der Waals surface area contributed by atoms with Crippen molar-refractivity contribution in [1.29, 1.82) is 0 Å². The number of aryl methyl sites for hydroxylation is 1. The molecule has 0 aliphatic carbocycles. The van der Waals surface area contributed by atoms with E-state index in [4.69, 9.17) is 20.9 Å². The van der Waals surface area contributed by atoms with E-state index in [1.54, 1.807) is 6.07 Å². The van der Waals surface area contributed by atoms with Crippen LogP contribution in [0.3, 0.4) is 0 Å². The topological polar surface area (TPSA) is 70.5 Å². The molecule has 0 amide bonds. The van der Waals surface area contributed by atoms with Crippen LogP contribution in [0.5, 0.6) is 11.5 Å². The van der Waals surface area contributed by atoms with Crippen molar-refractivity contribution in [2.45, 2.75) is 6.92 Å². The first-order chi connectivity index (χ1) is 9.16. The van der Waals surface area contributed by atoms with Gasteiger partial charge in [-0.05, 0) is 36.8 Å². The molecule has 2 aromatic rings. The SMILES string of the molecule is Cc1ccc(N)c(OCCOc2ccccc2N)c1. The minimum Gasteiger partial charge on any atom is -0.488 e. The van der Waals surface area contributed by atoms with Crippen molar-refractivity contribution in [1.82, 2.24) is 0 Å². The Morgan fingerprint density at radius 2 is 1.47 bits per heavy atom. The van der Waals surface area contributed by atoms with Gasteiger partial charge in [0.1, 0.15) is 24.7 Å². The average molecular weight is 258 g/mol. The molecule has 0 heterocycles. The van der Waals surface area contributed by atoms with E-state index in [2.05, 4.69) is 0 Å². The van der Waals surface area contributed by atoms with Crippen molar-refractivity contribution in [3.8, 4) is 11.5 Å². The van der Waals surface area contributed by atoms with Gasteiger partial charge in [0.2, 0.25) is 0 Å². The highest BCUT2D eigenvalue weighted by molar-refractivity contribution is 5.54. The Labute approximate surface area is 112 Å². The molecular weight excluding hydrogens is 240 g/mol. The Hall–Kier alpha value is -2.36. The molecule has 0 aliphatic heterocycles. The first-order valence-electron chi connectivity index (χ1n) is 6.13. The van der Waals surface area contributed by atoms with Gasteiger partial charge in [0, 0.05) is 0 Å². The van der Waals surface area contributed by atoms with Gasteiger partial charge in [-0.1, -0.05) is 18.2 Å². The van der Waals surface area contributed by atoms with Crippen LogP contribution in [-0.2, 0) is 0 Å². The van der Waals surface area contributed by atoms with E-state index in [9.17, 15) is 0 Å². The maximum Gasteiger partial charge on any atom is 0.142 e. The fourth-order valence-corrected chi connectivity index (χ4v) is 1.68. The number of rotatable bonds is 5. The van der Waals surface area contributed by atoms with Gasteiger partial charge in [-0.15, -0.1) is 0 Å². The normalized spacial score (nSPS) is 10.2. The number of anilines is 2. The summed E-state index contributed by atoms with van der Waals surface area (Å²) >= 11 is 0. The molecule has 4 N–H and O–H groups in total. The lowest BCUT2D eigenvalue weighted by Gasteiger charge is -2.11. The summed E-state index contributed by atoms with van der Waals surface area (Å²) in [6.45, 7) is 2.83. The van der Waals surface area contributed by atoms with Gasteiger partial charge in [0.05, 0.1) is 11.4 Å². The van der Waals surface area contributed by atoms with Gasteiger partial charge in [-0.2, -0.15) is 0 Å². The largest absolute Gasteiger partial charge is 0.488 e. The zero-order valence-corrected chi connectivity index (χ0v) is 10.9. The summed E-state index contributed by atoms with van der Waals surface area (Å²) in [4.78, 5) is 0. The molecule has 0 fully saturated rings. The molecule has 4 heteroatoms. The lowest BCUT2D eigenvalue weighted by atomic mass is 10.2. The molecule has 0 atom stereocenters. The monoisotopic (exact) mass is 258 g/mol. The van der Waals surface area contributed by atoms with E-state index in [1.807, 2.05) is 43.3 Å². The molecule has 0 aromatic heterocycles. The molecule has 0 radical (unpaired) electrons. The van der Waals surface area contributed by atoms with E-state index >= 15 is 0 Å². The average Bonchev–Trinajstić information content (AvgIpc) is 2.40. The second kappa shape index (κ2) is 6.00. The first kappa shape index (κ1) is 13.1. The van der Waals surface area contributed by atoms with Crippen molar-refractivity contribution in [3.05, 3.63) is 48.0 Å². The van der Waals surface area contributed by atoms with Crippen LogP contribution in [0.2, 0.25) is 0 Å². The summed E-state index contributed by atoms with van der Waals surface area (Å²) in [6, 6.07) is 13.1. The highest BCUT2D eigenvalue weighted by Gasteiger charge is 2.02. The van der Waals surface area contributed by atoms with Crippen LogP contribution in [0.25, 0.3) is 0 Å².